The molecule has 0 saturated heterocycles. The fourth-order valence-electron chi connectivity index (χ4n) is 3.06. The van der Waals surface area contributed by atoms with Gasteiger partial charge in [0.25, 0.3) is 5.91 Å². The number of anilines is 3. The molecule has 4 N–H and O–H groups in total. The number of para-hydroxylation sites is 4. The number of nitrogens with zero attached hydrogens (tertiary/aromatic N) is 2. The van der Waals surface area contributed by atoms with E-state index in [1.165, 1.54) is 0 Å². The van der Waals surface area contributed by atoms with Crippen LogP contribution in [0.25, 0.3) is 11.0 Å². The van der Waals surface area contributed by atoms with E-state index in [0.29, 0.717) is 23.5 Å². The summed E-state index contributed by atoms with van der Waals surface area (Å²) in [6, 6.07) is 22.7. The number of nitrogens with one attached hydrogen (secondary N) is 2. The number of carbonyl (C=O) groups excluding carboxylic acids is 1. The zero-order chi connectivity index (χ0) is 19.5. The molecule has 0 unspecified atom stereocenters. The van der Waals surface area contributed by atoms with E-state index in [1.807, 2.05) is 60.1 Å². The molecule has 4 aromatic rings. The molecule has 1 amide bonds. The summed E-state index contributed by atoms with van der Waals surface area (Å²) in [5.74, 6) is 0.621. The Morgan fingerprint density at radius 3 is 2.46 bits per heavy atom. The summed E-state index contributed by atoms with van der Waals surface area (Å²) < 4.78 is 2.03. The van der Waals surface area contributed by atoms with Crippen molar-refractivity contribution in [2.75, 3.05) is 16.4 Å². The maximum absolute atomic E-state index is 12.4. The van der Waals surface area contributed by atoms with Crippen LogP contribution in [0.5, 0.6) is 0 Å². The summed E-state index contributed by atoms with van der Waals surface area (Å²) in [7, 11) is 1.99. The van der Waals surface area contributed by atoms with Gasteiger partial charge in [-0.05, 0) is 42.0 Å². The molecule has 0 atom stereocenters. The second-order valence-electron chi connectivity index (χ2n) is 6.57. The van der Waals surface area contributed by atoms with Gasteiger partial charge in [0.2, 0.25) is 5.95 Å². The van der Waals surface area contributed by atoms with Gasteiger partial charge in [0.05, 0.1) is 22.4 Å². The number of fused-ring (bicyclic) bond motifs is 1. The van der Waals surface area contributed by atoms with E-state index < -0.39 is 0 Å². The van der Waals surface area contributed by atoms with Crippen molar-refractivity contribution in [3.05, 3.63) is 83.9 Å². The van der Waals surface area contributed by atoms with Crippen LogP contribution in [-0.4, -0.2) is 15.5 Å². The maximum atomic E-state index is 12.4. The SMILES string of the molecule is Cn1c(NCc2ccc(C(=O)Nc3ccccc3N)cc2)nc2ccccc21. The third-order valence-corrected chi connectivity index (χ3v) is 4.66. The Kier molecular flexibility index (Phi) is 4.68. The number of hydrogen-bond acceptors (Lipinski definition) is 4. The number of benzene rings is 3. The lowest BCUT2D eigenvalue weighted by molar-refractivity contribution is 0.102. The van der Waals surface area contributed by atoms with Gasteiger partial charge in [0, 0.05) is 19.2 Å². The van der Waals surface area contributed by atoms with Crippen LogP contribution in [0, 0.1) is 0 Å². The van der Waals surface area contributed by atoms with Gasteiger partial charge in [0.1, 0.15) is 0 Å². The minimum Gasteiger partial charge on any atom is -0.397 e. The molecule has 4 rings (SSSR count). The molecule has 0 spiro atoms. The Labute approximate surface area is 163 Å². The van der Waals surface area contributed by atoms with Crippen molar-refractivity contribution in [1.29, 1.82) is 0 Å². The van der Waals surface area contributed by atoms with E-state index in [2.05, 4.69) is 15.6 Å². The minimum atomic E-state index is -0.187. The zero-order valence-electron chi connectivity index (χ0n) is 15.5. The smallest absolute Gasteiger partial charge is 0.255 e. The average molecular weight is 371 g/mol. The lowest BCUT2D eigenvalue weighted by Crippen LogP contribution is -2.13. The lowest BCUT2D eigenvalue weighted by atomic mass is 10.1. The molecular formula is C22H21N5O. The molecule has 140 valence electrons. The second-order valence-corrected chi connectivity index (χ2v) is 6.57. The van der Waals surface area contributed by atoms with E-state index in [0.717, 1.165) is 22.5 Å². The first-order valence-corrected chi connectivity index (χ1v) is 9.02. The number of hydrogen-bond donors (Lipinski definition) is 3. The third kappa shape index (κ3) is 3.53. The fourth-order valence-corrected chi connectivity index (χ4v) is 3.06. The number of aromatic nitrogens is 2. The number of imidazole rings is 1. The molecule has 6 heteroatoms. The highest BCUT2D eigenvalue weighted by molar-refractivity contribution is 6.05. The highest BCUT2D eigenvalue weighted by Gasteiger charge is 2.09. The summed E-state index contributed by atoms with van der Waals surface area (Å²) in [4.78, 5) is 17.0. The molecule has 0 aliphatic heterocycles. The van der Waals surface area contributed by atoms with E-state index in [4.69, 9.17) is 5.73 Å². The molecular weight excluding hydrogens is 350 g/mol. The quantitative estimate of drug-likeness (QED) is 0.463. The molecule has 0 fully saturated rings. The molecule has 0 saturated carbocycles. The molecule has 1 aromatic heterocycles. The number of carbonyl (C=O) groups is 1. The Hall–Kier alpha value is -3.80. The molecule has 1 heterocycles. The standard InChI is InChI=1S/C22H21N5O/c1-27-20-9-5-4-8-19(20)26-22(27)24-14-15-10-12-16(13-11-15)21(28)25-18-7-3-2-6-17(18)23/h2-13H,14,23H2,1H3,(H,24,26)(H,25,28). The fraction of sp³-hybridized carbons (Fsp3) is 0.0909. The van der Waals surface area contributed by atoms with Crippen molar-refractivity contribution in [1.82, 2.24) is 9.55 Å². The largest absolute Gasteiger partial charge is 0.397 e. The predicted molar refractivity (Wildman–Crippen MR) is 113 cm³/mol. The minimum absolute atomic E-state index is 0.187. The molecule has 0 aliphatic rings. The topological polar surface area (TPSA) is 85.0 Å². The van der Waals surface area contributed by atoms with Crippen molar-refractivity contribution in [2.45, 2.75) is 6.54 Å². The van der Waals surface area contributed by atoms with Crippen molar-refractivity contribution in [2.24, 2.45) is 7.05 Å². The normalized spacial score (nSPS) is 10.8. The number of aryl methyl sites for hydroxylation is 1. The van der Waals surface area contributed by atoms with Gasteiger partial charge in [-0.3, -0.25) is 4.79 Å². The van der Waals surface area contributed by atoms with Crippen LogP contribution < -0.4 is 16.4 Å². The van der Waals surface area contributed by atoms with Gasteiger partial charge < -0.3 is 20.9 Å². The first-order valence-electron chi connectivity index (χ1n) is 9.02. The summed E-state index contributed by atoms with van der Waals surface area (Å²) in [5.41, 5.74) is 10.7. The van der Waals surface area contributed by atoms with E-state index >= 15 is 0 Å². The van der Waals surface area contributed by atoms with Crippen LogP contribution in [0.1, 0.15) is 15.9 Å². The Morgan fingerprint density at radius 1 is 1.00 bits per heavy atom. The first-order chi connectivity index (χ1) is 13.6. The molecule has 0 radical (unpaired) electrons. The van der Waals surface area contributed by atoms with Crippen molar-refractivity contribution >= 4 is 34.3 Å². The average Bonchev–Trinajstić information content (AvgIpc) is 3.04. The van der Waals surface area contributed by atoms with Crippen LogP contribution in [-0.2, 0) is 13.6 Å². The highest BCUT2D eigenvalue weighted by Crippen LogP contribution is 2.19. The number of amides is 1. The molecule has 0 bridgehead atoms. The van der Waals surface area contributed by atoms with Gasteiger partial charge in [-0.1, -0.05) is 36.4 Å². The Morgan fingerprint density at radius 2 is 1.71 bits per heavy atom. The molecule has 3 aromatic carbocycles. The van der Waals surface area contributed by atoms with Crippen LogP contribution >= 0.6 is 0 Å². The highest BCUT2D eigenvalue weighted by atomic mass is 16.1. The number of nitrogens with two attached hydrogens (primary N) is 1. The summed E-state index contributed by atoms with van der Waals surface area (Å²) >= 11 is 0. The van der Waals surface area contributed by atoms with Gasteiger partial charge in [-0.15, -0.1) is 0 Å². The summed E-state index contributed by atoms with van der Waals surface area (Å²) in [5, 5.41) is 6.18. The van der Waals surface area contributed by atoms with Crippen molar-refractivity contribution in [3.63, 3.8) is 0 Å². The summed E-state index contributed by atoms with van der Waals surface area (Å²) in [6.07, 6.45) is 0. The predicted octanol–water partition coefficient (Wildman–Crippen LogP) is 4.02. The van der Waals surface area contributed by atoms with Gasteiger partial charge in [0.15, 0.2) is 0 Å². The van der Waals surface area contributed by atoms with Crippen molar-refractivity contribution in [3.8, 4) is 0 Å². The van der Waals surface area contributed by atoms with Crippen LogP contribution in [0.4, 0.5) is 17.3 Å². The second kappa shape index (κ2) is 7.44. The first kappa shape index (κ1) is 17.6. The Balaban J connectivity index is 1.42. The van der Waals surface area contributed by atoms with Crippen LogP contribution in [0.3, 0.4) is 0 Å². The van der Waals surface area contributed by atoms with Crippen LogP contribution in [0.15, 0.2) is 72.8 Å². The van der Waals surface area contributed by atoms with E-state index in [9.17, 15) is 4.79 Å². The molecule has 28 heavy (non-hydrogen) atoms. The lowest BCUT2D eigenvalue weighted by Gasteiger charge is -2.09. The van der Waals surface area contributed by atoms with Crippen LogP contribution in [0.2, 0.25) is 0 Å². The number of rotatable bonds is 5. The van der Waals surface area contributed by atoms with E-state index in [1.54, 1.807) is 24.3 Å². The van der Waals surface area contributed by atoms with Gasteiger partial charge in [-0.2, -0.15) is 0 Å². The Bertz CT molecular complexity index is 1130. The van der Waals surface area contributed by atoms with Gasteiger partial charge in [-0.25, -0.2) is 4.98 Å². The molecule has 0 aliphatic carbocycles. The monoisotopic (exact) mass is 371 g/mol. The zero-order valence-corrected chi connectivity index (χ0v) is 15.5. The van der Waals surface area contributed by atoms with E-state index in [-0.39, 0.29) is 5.91 Å². The third-order valence-electron chi connectivity index (χ3n) is 4.66. The maximum Gasteiger partial charge on any atom is 0.255 e. The van der Waals surface area contributed by atoms with Crippen molar-refractivity contribution < 1.29 is 4.79 Å². The summed E-state index contributed by atoms with van der Waals surface area (Å²) in [6.45, 7) is 0.616. The number of nitrogen functional groups attached to an aromatic ring is 1. The molecule has 6 nitrogen and oxygen atoms in total. The van der Waals surface area contributed by atoms with Gasteiger partial charge >= 0.3 is 0 Å².